The lowest BCUT2D eigenvalue weighted by molar-refractivity contribution is -0.129. The highest BCUT2D eigenvalue weighted by Gasteiger charge is 2.36. The van der Waals surface area contributed by atoms with Crippen molar-refractivity contribution in [3.8, 4) is 0 Å². The molecule has 0 aliphatic carbocycles. The Labute approximate surface area is 194 Å². The molecule has 8 heteroatoms. The van der Waals surface area contributed by atoms with E-state index in [2.05, 4.69) is 10.3 Å². The second kappa shape index (κ2) is 10.4. The van der Waals surface area contributed by atoms with Crippen molar-refractivity contribution in [2.75, 3.05) is 11.9 Å². The molecule has 1 aliphatic rings. The molecule has 1 saturated heterocycles. The molecule has 2 amide bonds. The summed E-state index contributed by atoms with van der Waals surface area (Å²) in [4.78, 5) is 31.9. The van der Waals surface area contributed by atoms with E-state index in [1.54, 1.807) is 11.0 Å². The van der Waals surface area contributed by atoms with Crippen LogP contribution in [-0.2, 0) is 16.0 Å². The Morgan fingerprint density at radius 1 is 1.00 bits per heavy atom. The second-order valence-electron chi connectivity index (χ2n) is 7.43. The van der Waals surface area contributed by atoms with Gasteiger partial charge in [-0.2, -0.15) is 0 Å². The highest BCUT2D eigenvalue weighted by Crippen LogP contribution is 2.30. The molecule has 5 nitrogen and oxygen atoms in total. The van der Waals surface area contributed by atoms with Crippen molar-refractivity contribution in [3.63, 3.8) is 0 Å². The molecule has 0 radical (unpaired) electrons. The minimum absolute atomic E-state index is 0.0395. The van der Waals surface area contributed by atoms with Crippen molar-refractivity contribution < 1.29 is 18.4 Å². The van der Waals surface area contributed by atoms with Gasteiger partial charge in [0.2, 0.25) is 11.8 Å². The van der Waals surface area contributed by atoms with Crippen molar-refractivity contribution >= 4 is 40.1 Å². The van der Waals surface area contributed by atoms with Gasteiger partial charge in [0.15, 0.2) is 5.17 Å². The Hall–Kier alpha value is -3.52. The van der Waals surface area contributed by atoms with Crippen molar-refractivity contribution in [3.05, 3.63) is 96.1 Å². The van der Waals surface area contributed by atoms with Crippen LogP contribution < -0.4 is 5.32 Å². The van der Waals surface area contributed by atoms with E-state index in [0.717, 1.165) is 17.3 Å². The molecule has 4 rings (SSSR count). The van der Waals surface area contributed by atoms with Crippen LogP contribution in [0, 0.1) is 11.6 Å². The number of para-hydroxylation sites is 1. The van der Waals surface area contributed by atoms with Crippen LogP contribution >= 0.6 is 11.8 Å². The summed E-state index contributed by atoms with van der Waals surface area (Å²) in [6.07, 6.45) is 0.573. The van der Waals surface area contributed by atoms with Crippen LogP contribution in [0.5, 0.6) is 0 Å². The number of hydrogen-bond donors (Lipinski definition) is 1. The average molecular weight is 466 g/mol. The van der Waals surface area contributed by atoms with Gasteiger partial charge in [-0.05, 0) is 48.4 Å². The number of amidine groups is 1. The summed E-state index contributed by atoms with van der Waals surface area (Å²) in [7, 11) is 0. The molecule has 3 aromatic rings. The van der Waals surface area contributed by atoms with Crippen LogP contribution in [0.25, 0.3) is 0 Å². The molecule has 1 heterocycles. The molecule has 0 saturated carbocycles. The standard InChI is InChI=1S/C25H21F2N3O2S/c26-18-10-12-19(13-11-18)28-25-30(15-14-17-6-2-1-3-7-17)23(31)16-22(33-25)24(32)29-21-9-5-4-8-20(21)27/h1-13,22H,14-16H2,(H,29,32). The molecule has 1 N–H and O–H groups in total. The third-order valence-corrected chi connectivity index (χ3v) is 6.27. The fourth-order valence-corrected chi connectivity index (χ4v) is 4.47. The van der Waals surface area contributed by atoms with Crippen LogP contribution in [0.4, 0.5) is 20.2 Å². The number of amides is 2. The SMILES string of the molecule is O=C(Nc1ccccc1F)C1CC(=O)N(CCc2ccccc2)C(=Nc2ccc(F)cc2)S1. The van der Waals surface area contributed by atoms with Gasteiger partial charge in [0.25, 0.3) is 0 Å². The molecular weight excluding hydrogens is 444 g/mol. The third kappa shape index (κ3) is 5.84. The molecule has 1 unspecified atom stereocenters. The van der Waals surface area contributed by atoms with Gasteiger partial charge in [-0.15, -0.1) is 0 Å². The Morgan fingerprint density at radius 2 is 1.70 bits per heavy atom. The summed E-state index contributed by atoms with van der Waals surface area (Å²) < 4.78 is 27.3. The lowest BCUT2D eigenvalue weighted by atomic mass is 10.1. The maximum absolute atomic E-state index is 14.0. The smallest absolute Gasteiger partial charge is 0.238 e. The topological polar surface area (TPSA) is 61.8 Å². The number of thioether (sulfide) groups is 1. The molecule has 0 spiro atoms. The van der Waals surface area contributed by atoms with Crippen LogP contribution in [-0.4, -0.2) is 33.7 Å². The number of nitrogens with zero attached hydrogens (tertiary/aromatic N) is 2. The lowest BCUT2D eigenvalue weighted by Crippen LogP contribution is -2.46. The minimum atomic E-state index is -0.774. The number of hydrogen-bond acceptors (Lipinski definition) is 4. The Kier molecular flexibility index (Phi) is 7.14. The predicted octanol–water partition coefficient (Wildman–Crippen LogP) is 5.17. The zero-order valence-corrected chi connectivity index (χ0v) is 18.4. The first-order chi connectivity index (χ1) is 16.0. The van der Waals surface area contributed by atoms with Crippen LogP contribution in [0.3, 0.4) is 0 Å². The van der Waals surface area contributed by atoms with Gasteiger partial charge in [0, 0.05) is 13.0 Å². The monoisotopic (exact) mass is 465 g/mol. The quantitative estimate of drug-likeness (QED) is 0.547. The van der Waals surface area contributed by atoms with Crippen molar-refractivity contribution in [2.24, 2.45) is 4.99 Å². The predicted molar refractivity (Wildman–Crippen MR) is 126 cm³/mol. The van der Waals surface area contributed by atoms with Crippen molar-refractivity contribution in [1.29, 1.82) is 0 Å². The van der Waals surface area contributed by atoms with E-state index in [1.165, 1.54) is 42.5 Å². The Bertz CT molecular complexity index is 1170. The molecule has 0 aromatic heterocycles. The highest BCUT2D eigenvalue weighted by molar-refractivity contribution is 8.15. The Morgan fingerprint density at radius 3 is 2.42 bits per heavy atom. The van der Waals surface area contributed by atoms with E-state index in [1.807, 2.05) is 30.3 Å². The average Bonchev–Trinajstić information content (AvgIpc) is 2.82. The molecule has 1 fully saturated rings. The minimum Gasteiger partial charge on any atom is -0.323 e. The fraction of sp³-hybridized carbons (Fsp3) is 0.160. The van der Waals surface area contributed by atoms with Gasteiger partial charge in [-0.3, -0.25) is 14.5 Å². The third-order valence-electron chi connectivity index (χ3n) is 5.08. The number of carbonyl (C=O) groups is 2. The van der Waals surface area contributed by atoms with Crippen LogP contribution in [0.1, 0.15) is 12.0 Å². The van der Waals surface area contributed by atoms with E-state index in [4.69, 9.17) is 0 Å². The van der Waals surface area contributed by atoms with Crippen molar-refractivity contribution in [2.45, 2.75) is 18.1 Å². The van der Waals surface area contributed by atoms with E-state index in [0.29, 0.717) is 23.8 Å². The zero-order chi connectivity index (χ0) is 23.2. The van der Waals surface area contributed by atoms with E-state index in [-0.39, 0.29) is 18.0 Å². The van der Waals surface area contributed by atoms with Gasteiger partial charge in [0.1, 0.15) is 16.9 Å². The first-order valence-corrected chi connectivity index (χ1v) is 11.3. The largest absolute Gasteiger partial charge is 0.323 e. The molecular formula is C25H21F2N3O2S. The first-order valence-electron chi connectivity index (χ1n) is 10.4. The van der Waals surface area contributed by atoms with Gasteiger partial charge >= 0.3 is 0 Å². The normalized spacial score (nSPS) is 17.3. The number of nitrogens with one attached hydrogen (secondary N) is 1. The number of benzene rings is 3. The summed E-state index contributed by atoms with van der Waals surface area (Å²) in [5.74, 6) is -1.68. The summed E-state index contributed by atoms with van der Waals surface area (Å²) in [6, 6.07) is 21.2. The molecule has 33 heavy (non-hydrogen) atoms. The summed E-state index contributed by atoms with van der Waals surface area (Å²) in [6.45, 7) is 0.386. The molecule has 1 atom stereocenters. The second-order valence-corrected chi connectivity index (χ2v) is 8.60. The maximum atomic E-state index is 14.0. The Balaban J connectivity index is 1.56. The van der Waals surface area contributed by atoms with Gasteiger partial charge < -0.3 is 5.32 Å². The van der Waals surface area contributed by atoms with Gasteiger partial charge in [-0.25, -0.2) is 13.8 Å². The van der Waals surface area contributed by atoms with E-state index in [9.17, 15) is 18.4 Å². The first kappa shape index (κ1) is 22.7. The summed E-state index contributed by atoms with van der Waals surface area (Å²) >= 11 is 1.14. The zero-order valence-electron chi connectivity index (χ0n) is 17.6. The number of aliphatic imine (C=N–C) groups is 1. The van der Waals surface area contributed by atoms with Crippen molar-refractivity contribution in [1.82, 2.24) is 4.90 Å². The van der Waals surface area contributed by atoms with E-state index >= 15 is 0 Å². The number of halogens is 2. The highest BCUT2D eigenvalue weighted by atomic mass is 32.2. The fourth-order valence-electron chi connectivity index (χ4n) is 3.35. The molecule has 0 bridgehead atoms. The number of carbonyl (C=O) groups excluding carboxylic acids is 2. The van der Waals surface area contributed by atoms with Gasteiger partial charge in [-0.1, -0.05) is 54.2 Å². The molecule has 1 aliphatic heterocycles. The summed E-state index contributed by atoms with van der Waals surface area (Å²) in [5.41, 5.74) is 1.58. The summed E-state index contributed by atoms with van der Waals surface area (Å²) in [5, 5.41) is 2.13. The van der Waals surface area contributed by atoms with Gasteiger partial charge in [0.05, 0.1) is 11.4 Å². The van der Waals surface area contributed by atoms with Crippen LogP contribution in [0.15, 0.2) is 83.9 Å². The van der Waals surface area contributed by atoms with E-state index < -0.39 is 22.8 Å². The molecule has 3 aromatic carbocycles. The lowest BCUT2D eigenvalue weighted by Gasteiger charge is -2.32. The number of anilines is 1. The maximum Gasteiger partial charge on any atom is 0.238 e. The molecule has 168 valence electrons. The van der Waals surface area contributed by atoms with Crippen LogP contribution in [0.2, 0.25) is 0 Å². The number of rotatable bonds is 6.